The van der Waals surface area contributed by atoms with Crippen molar-refractivity contribution < 1.29 is 0 Å². The smallest absolute Gasteiger partial charge is 0.0380 e. The first-order valence-corrected chi connectivity index (χ1v) is 29.0. The maximum atomic E-state index is 2.54. The van der Waals surface area contributed by atoms with E-state index in [1.807, 2.05) is 0 Å². The Morgan fingerprint density at radius 2 is 0.557 bits per heavy atom. The Balaban J connectivity index is 0.904. The van der Waals surface area contributed by atoms with Crippen LogP contribution in [0.15, 0.2) is 279 Å². The summed E-state index contributed by atoms with van der Waals surface area (Å²) in [4.78, 5) is 0. The molecule has 0 fully saturated rings. The number of para-hydroxylation sites is 4. The van der Waals surface area contributed by atoms with E-state index in [0.29, 0.717) is 0 Å². The number of benzene rings is 14. The number of aromatic nitrogens is 2. The summed E-state index contributed by atoms with van der Waals surface area (Å²) < 4.78 is 7.72. The summed E-state index contributed by atoms with van der Waals surface area (Å²) in [6.45, 7) is 0. The Hall–Kier alpha value is -9.76. The van der Waals surface area contributed by atoms with Crippen LogP contribution in [-0.2, 0) is 0 Å². The maximum Gasteiger partial charge on any atom is -0.0380 e. The van der Waals surface area contributed by atoms with Gasteiger partial charge >= 0.3 is 374 Å². The molecule has 17 rings (SSSR count). The van der Waals surface area contributed by atoms with Gasteiger partial charge in [0.2, 0.25) is 0 Å². The summed E-state index contributed by atoms with van der Waals surface area (Å²) in [5.41, 5.74) is 17.3. The second kappa shape index (κ2) is 17.4. The van der Waals surface area contributed by atoms with Crippen molar-refractivity contribution in [3.05, 3.63) is 279 Å². The molecular formula is C76H46N2Se. The summed E-state index contributed by atoms with van der Waals surface area (Å²) in [6, 6.07) is 104. The molecule has 0 radical (unpaired) electrons. The minimum Gasteiger partial charge on any atom is -0.0602 e. The fourth-order valence-corrected chi connectivity index (χ4v) is 16.1. The third-order valence-electron chi connectivity index (χ3n) is 16.9. The van der Waals surface area contributed by atoms with E-state index in [1.54, 1.807) is 0 Å². The van der Waals surface area contributed by atoms with Crippen LogP contribution in [-0.4, -0.2) is 23.6 Å². The van der Waals surface area contributed by atoms with Gasteiger partial charge in [-0.1, -0.05) is 54.6 Å². The van der Waals surface area contributed by atoms with Gasteiger partial charge in [0, 0.05) is 5.69 Å². The van der Waals surface area contributed by atoms with Crippen molar-refractivity contribution in [1.29, 1.82) is 0 Å². The zero-order valence-corrected chi connectivity index (χ0v) is 44.6. The van der Waals surface area contributed by atoms with E-state index in [-0.39, 0.29) is 14.5 Å². The molecule has 0 unspecified atom stereocenters. The number of nitrogens with zero attached hydrogens (tertiary/aromatic N) is 2. The van der Waals surface area contributed by atoms with Gasteiger partial charge in [-0.25, -0.2) is 0 Å². The Morgan fingerprint density at radius 1 is 0.215 bits per heavy atom. The first kappa shape index (κ1) is 44.4. The summed E-state index contributed by atoms with van der Waals surface area (Å²) in [5, 5.41) is 17.8. The molecule has 0 aliphatic rings. The van der Waals surface area contributed by atoms with Crippen molar-refractivity contribution in [1.82, 2.24) is 9.13 Å². The van der Waals surface area contributed by atoms with Crippen molar-refractivity contribution in [2.24, 2.45) is 0 Å². The molecule has 0 aliphatic heterocycles. The predicted molar refractivity (Wildman–Crippen MR) is 339 cm³/mol. The van der Waals surface area contributed by atoms with Gasteiger partial charge in [-0.2, -0.15) is 0 Å². The molecule has 3 heteroatoms. The summed E-state index contributed by atoms with van der Waals surface area (Å²) in [7, 11) is 0. The fraction of sp³-hybridized carbons (Fsp3) is 0. The quantitative estimate of drug-likeness (QED) is 0.116. The van der Waals surface area contributed by atoms with Crippen molar-refractivity contribution in [2.75, 3.05) is 0 Å². The average Bonchev–Trinajstić information content (AvgIpc) is 4.36. The molecule has 0 spiro atoms. The zero-order valence-electron chi connectivity index (χ0n) is 42.9. The van der Waals surface area contributed by atoms with Gasteiger partial charge in [0.1, 0.15) is 0 Å². The molecule has 14 aromatic carbocycles. The second-order valence-electron chi connectivity index (χ2n) is 20.9. The fourth-order valence-electron chi connectivity index (χ4n) is 13.8. The van der Waals surface area contributed by atoms with Gasteiger partial charge in [-0.15, -0.1) is 0 Å². The van der Waals surface area contributed by atoms with Crippen LogP contribution in [0.3, 0.4) is 0 Å². The van der Waals surface area contributed by atoms with Crippen molar-refractivity contribution >= 4 is 120 Å². The van der Waals surface area contributed by atoms with E-state index < -0.39 is 0 Å². The molecule has 3 heterocycles. The van der Waals surface area contributed by atoms with Crippen molar-refractivity contribution in [3.63, 3.8) is 0 Å². The van der Waals surface area contributed by atoms with Gasteiger partial charge in [-0.05, 0) is 30.3 Å². The molecule has 0 amide bonds. The first-order chi connectivity index (χ1) is 39.3. The zero-order chi connectivity index (χ0) is 51.7. The molecule has 3 aromatic heterocycles. The van der Waals surface area contributed by atoms with Crippen molar-refractivity contribution in [3.8, 4) is 55.9 Å². The largest absolute Gasteiger partial charge is 0.0602 e. The summed E-state index contributed by atoms with van der Waals surface area (Å²) >= 11 is 0.138. The normalized spacial score (nSPS) is 12.1. The summed E-state index contributed by atoms with van der Waals surface area (Å²) in [6.07, 6.45) is 0. The predicted octanol–water partition coefficient (Wildman–Crippen LogP) is 20.5. The van der Waals surface area contributed by atoms with Crippen LogP contribution < -0.4 is 0 Å². The maximum absolute atomic E-state index is 2.54. The monoisotopic (exact) mass is 1070 g/mol. The minimum absolute atomic E-state index is 0.138. The Bertz CT molecular complexity index is 5250. The Labute approximate surface area is 461 Å². The average molecular weight is 1070 g/mol. The van der Waals surface area contributed by atoms with E-state index in [1.165, 1.54) is 151 Å². The molecule has 0 saturated heterocycles. The topological polar surface area (TPSA) is 9.86 Å². The molecule has 0 atom stereocenters. The molecule has 79 heavy (non-hydrogen) atoms. The molecule has 0 N–H and O–H groups in total. The molecular weight excluding hydrogens is 1020 g/mol. The SMILES string of the molecule is c1ccc(-n2c3ccccc3c3c(-c4c5ccccc5c(-c5ccc6[se]c7cccc(-c8c9ccccc9c(-c9cccc%10c9c9ccccc9n%10-c9ccccc9)c9ccccc89)c7c6c5)c5ccccc45)cccc32)cc1. The van der Waals surface area contributed by atoms with E-state index >= 15 is 0 Å². The van der Waals surface area contributed by atoms with Gasteiger partial charge in [0.15, 0.2) is 0 Å². The van der Waals surface area contributed by atoms with Gasteiger partial charge in [-0.3, -0.25) is 0 Å². The van der Waals surface area contributed by atoms with Crippen LogP contribution in [0, 0.1) is 0 Å². The summed E-state index contributed by atoms with van der Waals surface area (Å²) in [5.74, 6) is 0. The van der Waals surface area contributed by atoms with Crippen molar-refractivity contribution in [2.45, 2.75) is 0 Å². The van der Waals surface area contributed by atoms with Crippen LogP contribution in [0.2, 0.25) is 0 Å². The van der Waals surface area contributed by atoms with Crippen LogP contribution in [0.5, 0.6) is 0 Å². The first-order valence-electron chi connectivity index (χ1n) is 27.3. The molecule has 2 nitrogen and oxygen atoms in total. The van der Waals surface area contributed by atoms with E-state index in [9.17, 15) is 0 Å². The molecule has 0 bridgehead atoms. The standard InChI is InChI=1S/C76H46N2Se/c1-3-22-48(23-4-1)77-64-39-17-15-34-58(64)74-60(36-19-41-66(74)77)71-52-28-9-7-26-50(52)70(51-27-8-10-29-53(51)71)47-44-45-68-63(46-47)76-62(38-21-43-69(76)79-68)73-56-32-13-11-30-54(56)72(55-31-12-14-33-57(55)73)61-37-20-42-67-75(61)59-35-16-18-40-65(59)78(67)49-24-5-2-6-25-49/h1-46H. The molecule has 17 aromatic rings. The second-order valence-corrected chi connectivity index (χ2v) is 23.2. The van der Waals surface area contributed by atoms with Gasteiger partial charge in [0.25, 0.3) is 0 Å². The molecule has 366 valence electrons. The van der Waals surface area contributed by atoms with E-state index in [4.69, 9.17) is 0 Å². The Kier molecular flexibility index (Phi) is 9.76. The van der Waals surface area contributed by atoms with Crippen LogP contribution in [0.1, 0.15) is 0 Å². The van der Waals surface area contributed by atoms with E-state index in [2.05, 4.69) is 288 Å². The third kappa shape index (κ3) is 6.46. The number of rotatable bonds is 6. The molecule has 0 aliphatic carbocycles. The van der Waals surface area contributed by atoms with Gasteiger partial charge in [0.05, 0.1) is 0 Å². The van der Waals surface area contributed by atoms with Gasteiger partial charge < -0.3 is 0 Å². The van der Waals surface area contributed by atoms with E-state index in [0.717, 1.165) is 11.4 Å². The Morgan fingerprint density at radius 3 is 0.987 bits per heavy atom. The number of hydrogen-bond acceptors (Lipinski definition) is 0. The third-order valence-corrected chi connectivity index (χ3v) is 19.3. The van der Waals surface area contributed by atoms with Crippen LogP contribution in [0.4, 0.5) is 0 Å². The van der Waals surface area contributed by atoms with Crippen LogP contribution >= 0.6 is 0 Å². The molecule has 0 saturated carbocycles. The van der Waals surface area contributed by atoms with Crippen LogP contribution in [0.25, 0.3) is 162 Å². The minimum atomic E-state index is 0.138. The number of fused-ring (bicyclic) bond motifs is 13. The number of hydrogen-bond donors (Lipinski definition) is 0.